The maximum atomic E-state index is 12.2. The van der Waals surface area contributed by atoms with Gasteiger partial charge in [0.15, 0.2) is 11.2 Å². The monoisotopic (exact) mass is 288 g/mol. The molecule has 1 rings (SSSR count). The fourth-order valence-electron chi connectivity index (χ4n) is 2.58. The van der Waals surface area contributed by atoms with Gasteiger partial charge in [0.25, 0.3) is 0 Å². The van der Waals surface area contributed by atoms with Gasteiger partial charge >= 0.3 is 11.9 Å². The van der Waals surface area contributed by atoms with Crippen LogP contribution >= 0.6 is 0 Å². The lowest BCUT2D eigenvalue weighted by molar-refractivity contribution is -0.237. The first-order chi connectivity index (χ1) is 9.50. The van der Waals surface area contributed by atoms with Crippen LogP contribution in [0.1, 0.15) is 39.5 Å². The number of carbonyl (C=O) groups excluding carboxylic acids is 2. The quantitative estimate of drug-likeness (QED) is 0.420. The Morgan fingerprint density at radius 3 is 1.55 bits per heavy atom. The molecule has 1 aliphatic rings. The third kappa shape index (κ3) is 3.12. The van der Waals surface area contributed by atoms with Crippen LogP contribution in [0.4, 0.5) is 0 Å². The van der Waals surface area contributed by atoms with E-state index in [0.717, 1.165) is 0 Å². The van der Waals surface area contributed by atoms with E-state index in [0.29, 0.717) is 25.7 Å². The summed E-state index contributed by atoms with van der Waals surface area (Å²) < 4.78 is 20.9. The van der Waals surface area contributed by atoms with Crippen LogP contribution in [0.15, 0.2) is 0 Å². The lowest BCUT2D eigenvalue weighted by Crippen LogP contribution is -2.50. The molecule has 0 amide bonds. The van der Waals surface area contributed by atoms with Gasteiger partial charge in [0.05, 0.1) is 13.2 Å². The average Bonchev–Trinajstić information content (AvgIpc) is 2.47. The molecule has 0 aromatic carbocycles. The summed E-state index contributed by atoms with van der Waals surface area (Å²) in [6, 6.07) is 0. The molecule has 0 aromatic heterocycles. The van der Waals surface area contributed by atoms with Crippen molar-refractivity contribution < 1.29 is 28.5 Å². The van der Waals surface area contributed by atoms with E-state index in [9.17, 15) is 9.59 Å². The van der Waals surface area contributed by atoms with Gasteiger partial charge in [-0.05, 0) is 26.7 Å². The minimum atomic E-state index is -1.23. The van der Waals surface area contributed by atoms with Crippen molar-refractivity contribution in [2.75, 3.05) is 27.4 Å². The van der Waals surface area contributed by atoms with Crippen molar-refractivity contribution in [3.8, 4) is 0 Å². The Hall–Kier alpha value is -1.14. The summed E-state index contributed by atoms with van der Waals surface area (Å²) in [5.41, 5.74) is -1.23. The Morgan fingerprint density at radius 2 is 1.25 bits per heavy atom. The molecule has 0 heterocycles. The molecule has 0 aliphatic heterocycles. The summed E-state index contributed by atoms with van der Waals surface area (Å²) in [7, 11) is 3.12. The first-order valence-corrected chi connectivity index (χ1v) is 6.95. The van der Waals surface area contributed by atoms with E-state index in [-0.39, 0.29) is 13.2 Å². The summed E-state index contributed by atoms with van der Waals surface area (Å²) in [6.07, 6.45) is 1.48. The number of esters is 2. The van der Waals surface area contributed by atoms with Crippen LogP contribution in [0.25, 0.3) is 0 Å². The molecule has 0 aromatic rings. The van der Waals surface area contributed by atoms with Crippen LogP contribution in [-0.4, -0.2) is 45.2 Å². The Kier molecular flexibility index (Phi) is 5.95. The van der Waals surface area contributed by atoms with Crippen LogP contribution in [0.3, 0.4) is 0 Å². The largest absolute Gasteiger partial charge is 0.465 e. The molecule has 0 unspecified atom stereocenters. The topological polar surface area (TPSA) is 71.1 Å². The highest BCUT2D eigenvalue weighted by Gasteiger charge is 2.54. The highest BCUT2D eigenvalue weighted by Crippen LogP contribution is 2.44. The van der Waals surface area contributed by atoms with E-state index in [2.05, 4.69) is 0 Å². The van der Waals surface area contributed by atoms with E-state index >= 15 is 0 Å². The number of hydrogen-bond donors (Lipinski definition) is 0. The second kappa shape index (κ2) is 7.04. The van der Waals surface area contributed by atoms with Crippen molar-refractivity contribution in [1.29, 1.82) is 0 Å². The minimum absolute atomic E-state index is 0.236. The number of carbonyl (C=O) groups is 2. The molecule has 6 nitrogen and oxygen atoms in total. The summed E-state index contributed by atoms with van der Waals surface area (Å²) in [5.74, 6) is -1.76. The van der Waals surface area contributed by atoms with Gasteiger partial charge in [-0.3, -0.25) is 9.59 Å². The molecule has 116 valence electrons. The van der Waals surface area contributed by atoms with Crippen LogP contribution in [0.2, 0.25) is 0 Å². The predicted molar refractivity (Wildman–Crippen MR) is 70.9 cm³/mol. The van der Waals surface area contributed by atoms with Gasteiger partial charge in [0, 0.05) is 27.1 Å². The molecule has 0 atom stereocenters. The highest BCUT2D eigenvalue weighted by molar-refractivity contribution is 6.00. The van der Waals surface area contributed by atoms with Crippen LogP contribution in [0, 0.1) is 5.41 Å². The molecule has 1 aliphatic carbocycles. The molecule has 1 saturated carbocycles. The maximum absolute atomic E-state index is 12.2. The number of methoxy groups -OCH3 is 2. The summed E-state index contributed by atoms with van der Waals surface area (Å²) in [6.45, 7) is 3.90. The van der Waals surface area contributed by atoms with E-state index in [4.69, 9.17) is 18.9 Å². The number of ether oxygens (including phenoxy) is 4. The maximum Gasteiger partial charge on any atom is 0.323 e. The van der Waals surface area contributed by atoms with Crippen molar-refractivity contribution in [2.24, 2.45) is 5.41 Å². The normalized spacial score (nSPS) is 20.2. The van der Waals surface area contributed by atoms with Crippen molar-refractivity contribution in [1.82, 2.24) is 0 Å². The zero-order valence-corrected chi connectivity index (χ0v) is 12.7. The smallest absolute Gasteiger partial charge is 0.323 e. The molecule has 0 radical (unpaired) electrons. The average molecular weight is 288 g/mol. The summed E-state index contributed by atoms with van der Waals surface area (Å²) >= 11 is 0. The van der Waals surface area contributed by atoms with Crippen molar-refractivity contribution in [3.05, 3.63) is 0 Å². The molecule has 6 heteroatoms. The van der Waals surface area contributed by atoms with E-state index in [1.165, 1.54) is 0 Å². The molecule has 20 heavy (non-hydrogen) atoms. The van der Waals surface area contributed by atoms with E-state index in [1.54, 1.807) is 28.1 Å². The zero-order valence-electron chi connectivity index (χ0n) is 12.7. The fraction of sp³-hybridized carbons (Fsp3) is 0.857. The molecule has 0 bridgehead atoms. The first-order valence-electron chi connectivity index (χ1n) is 6.95. The summed E-state index contributed by atoms with van der Waals surface area (Å²) in [4.78, 5) is 24.4. The lowest BCUT2D eigenvalue weighted by Gasteiger charge is -2.41. The van der Waals surface area contributed by atoms with Gasteiger partial charge in [-0.2, -0.15) is 0 Å². The van der Waals surface area contributed by atoms with Crippen molar-refractivity contribution >= 4 is 11.9 Å². The Labute approximate surface area is 119 Å². The molecule has 0 spiro atoms. The Balaban J connectivity index is 2.93. The van der Waals surface area contributed by atoms with Crippen LogP contribution in [0.5, 0.6) is 0 Å². The van der Waals surface area contributed by atoms with Gasteiger partial charge in [-0.1, -0.05) is 0 Å². The molecular weight excluding hydrogens is 264 g/mol. The second-order valence-electron chi connectivity index (χ2n) is 4.84. The third-order valence-electron chi connectivity index (χ3n) is 3.94. The van der Waals surface area contributed by atoms with Gasteiger partial charge in [0.2, 0.25) is 0 Å². The lowest BCUT2D eigenvalue weighted by atomic mass is 9.71. The van der Waals surface area contributed by atoms with Gasteiger partial charge in [-0.25, -0.2) is 0 Å². The first kappa shape index (κ1) is 16.9. The van der Waals surface area contributed by atoms with Gasteiger partial charge < -0.3 is 18.9 Å². The van der Waals surface area contributed by atoms with E-state index in [1.807, 2.05) is 0 Å². The minimum Gasteiger partial charge on any atom is -0.465 e. The third-order valence-corrected chi connectivity index (χ3v) is 3.94. The Morgan fingerprint density at radius 1 is 0.850 bits per heavy atom. The Bertz CT molecular complexity index is 318. The summed E-state index contributed by atoms with van der Waals surface area (Å²) in [5, 5.41) is 0. The SMILES string of the molecule is CCOC(=O)C1(C(=O)OCC)CCC(OC)(OC)CC1. The fourth-order valence-corrected chi connectivity index (χ4v) is 2.58. The number of hydrogen-bond acceptors (Lipinski definition) is 6. The van der Waals surface area contributed by atoms with Crippen molar-refractivity contribution in [3.63, 3.8) is 0 Å². The van der Waals surface area contributed by atoms with Gasteiger partial charge in [0.1, 0.15) is 0 Å². The van der Waals surface area contributed by atoms with Crippen molar-refractivity contribution in [2.45, 2.75) is 45.3 Å². The highest BCUT2D eigenvalue weighted by atomic mass is 16.7. The predicted octanol–water partition coefficient (Wildman–Crippen LogP) is 1.66. The van der Waals surface area contributed by atoms with Crippen LogP contribution < -0.4 is 0 Å². The molecular formula is C14H24O6. The zero-order chi connectivity index (χ0) is 15.2. The van der Waals surface area contributed by atoms with Crippen LogP contribution in [-0.2, 0) is 28.5 Å². The second-order valence-corrected chi connectivity index (χ2v) is 4.84. The van der Waals surface area contributed by atoms with Gasteiger partial charge in [-0.15, -0.1) is 0 Å². The molecule has 0 N–H and O–H groups in total. The van der Waals surface area contributed by atoms with E-state index < -0.39 is 23.1 Å². The standard InChI is InChI=1S/C14H24O6/c1-5-19-11(15)13(12(16)20-6-2)7-9-14(17-3,18-4)10-8-13/h5-10H2,1-4H3. The number of rotatable bonds is 6. The molecule has 0 saturated heterocycles. The molecule has 1 fully saturated rings.